The molecular formula is C17H33ClN2O. The van der Waals surface area contributed by atoms with Gasteiger partial charge in [0.05, 0.1) is 0 Å². The van der Waals surface area contributed by atoms with Crippen LogP contribution in [0.2, 0.25) is 0 Å². The highest BCUT2D eigenvalue weighted by atomic mass is 35.5. The third-order valence-electron chi connectivity index (χ3n) is 4.87. The van der Waals surface area contributed by atoms with Crippen molar-refractivity contribution in [2.24, 2.45) is 11.8 Å². The Morgan fingerprint density at radius 3 is 2.33 bits per heavy atom. The molecule has 0 spiro atoms. The quantitative estimate of drug-likeness (QED) is 0.752. The molecular weight excluding hydrogens is 284 g/mol. The van der Waals surface area contributed by atoms with E-state index in [9.17, 15) is 4.79 Å². The molecule has 124 valence electrons. The summed E-state index contributed by atoms with van der Waals surface area (Å²) in [7, 11) is 0. The first-order chi connectivity index (χ1) is 9.52. The molecule has 3 unspecified atom stereocenters. The monoisotopic (exact) mass is 316 g/mol. The number of nitrogens with one attached hydrogen (secondary N) is 2. The van der Waals surface area contributed by atoms with E-state index < -0.39 is 0 Å². The molecule has 0 aromatic heterocycles. The standard InChI is InChI=1S/C17H32N2O.ClH/c1-12(2)5-4-6-13(3)18-17(20)11-14-9-15-7-8-16(10-14)19-15;/h12-16,19H,4-11H2,1-3H3,(H,18,20);1H. The summed E-state index contributed by atoms with van der Waals surface area (Å²) in [6.07, 6.45) is 9.36. The molecule has 2 heterocycles. The van der Waals surface area contributed by atoms with Crippen molar-refractivity contribution in [1.29, 1.82) is 0 Å². The fraction of sp³-hybridized carbons (Fsp3) is 0.941. The third kappa shape index (κ3) is 6.56. The first-order valence-electron chi connectivity index (χ1n) is 8.58. The summed E-state index contributed by atoms with van der Waals surface area (Å²) in [5, 5.41) is 6.83. The zero-order chi connectivity index (χ0) is 14.5. The van der Waals surface area contributed by atoms with Crippen LogP contribution in [-0.4, -0.2) is 24.0 Å². The molecule has 3 atom stereocenters. The van der Waals surface area contributed by atoms with Gasteiger partial charge in [0.1, 0.15) is 0 Å². The zero-order valence-electron chi connectivity index (χ0n) is 13.9. The van der Waals surface area contributed by atoms with Gasteiger partial charge in [0, 0.05) is 24.5 Å². The van der Waals surface area contributed by atoms with E-state index in [0.29, 0.717) is 24.0 Å². The van der Waals surface area contributed by atoms with Gasteiger partial charge in [-0.2, -0.15) is 0 Å². The van der Waals surface area contributed by atoms with Crippen LogP contribution in [-0.2, 0) is 4.79 Å². The van der Waals surface area contributed by atoms with Gasteiger partial charge in [-0.05, 0) is 50.9 Å². The van der Waals surface area contributed by atoms with Crippen molar-refractivity contribution >= 4 is 18.3 Å². The van der Waals surface area contributed by atoms with Crippen LogP contribution < -0.4 is 10.6 Å². The van der Waals surface area contributed by atoms with E-state index in [-0.39, 0.29) is 18.3 Å². The SMILES string of the molecule is CC(C)CCCC(C)NC(=O)CC1CC2CCC(C1)N2.Cl. The number of fused-ring (bicyclic) bond motifs is 2. The van der Waals surface area contributed by atoms with Crippen molar-refractivity contribution in [3.05, 3.63) is 0 Å². The number of amides is 1. The van der Waals surface area contributed by atoms with E-state index in [4.69, 9.17) is 0 Å². The molecule has 0 aromatic carbocycles. The highest BCUT2D eigenvalue weighted by molar-refractivity contribution is 5.85. The predicted octanol–water partition coefficient (Wildman–Crippen LogP) is 3.66. The third-order valence-corrected chi connectivity index (χ3v) is 4.87. The maximum Gasteiger partial charge on any atom is 0.220 e. The molecule has 0 saturated carbocycles. The summed E-state index contributed by atoms with van der Waals surface area (Å²) in [6.45, 7) is 6.66. The van der Waals surface area contributed by atoms with Crippen LogP contribution in [0, 0.1) is 11.8 Å². The largest absolute Gasteiger partial charge is 0.354 e. The Hall–Kier alpha value is -0.280. The van der Waals surface area contributed by atoms with Crippen LogP contribution in [0.5, 0.6) is 0 Å². The Labute approximate surface area is 136 Å². The summed E-state index contributed by atoms with van der Waals surface area (Å²) in [5.41, 5.74) is 0. The van der Waals surface area contributed by atoms with Gasteiger partial charge in [0.2, 0.25) is 5.91 Å². The molecule has 3 nitrogen and oxygen atoms in total. The molecule has 2 bridgehead atoms. The first-order valence-corrected chi connectivity index (χ1v) is 8.58. The lowest BCUT2D eigenvalue weighted by molar-refractivity contribution is -0.122. The maximum absolute atomic E-state index is 12.1. The van der Waals surface area contributed by atoms with E-state index in [1.165, 1.54) is 38.5 Å². The van der Waals surface area contributed by atoms with Crippen molar-refractivity contribution in [2.75, 3.05) is 0 Å². The average Bonchev–Trinajstić information content (AvgIpc) is 2.68. The molecule has 0 aromatic rings. The molecule has 1 amide bonds. The summed E-state index contributed by atoms with van der Waals surface area (Å²) >= 11 is 0. The van der Waals surface area contributed by atoms with Gasteiger partial charge in [-0.1, -0.05) is 26.7 Å². The van der Waals surface area contributed by atoms with E-state index in [2.05, 4.69) is 31.4 Å². The second kappa shape index (κ2) is 8.99. The minimum atomic E-state index is 0. The molecule has 2 rings (SSSR count). The van der Waals surface area contributed by atoms with Gasteiger partial charge in [0.25, 0.3) is 0 Å². The van der Waals surface area contributed by atoms with Gasteiger partial charge in [-0.25, -0.2) is 0 Å². The van der Waals surface area contributed by atoms with Crippen molar-refractivity contribution < 1.29 is 4.79 Å². The number of piperidine rings is 1. The Kier molecular flexibility index (Phi) is 8.04. The van der Waals surface area contributed by atoms with Crippen molar-refractivity contribution in [3.8, 4) is 0 Å². The predicted molar refractivity (Wildman–Crippen MR) is 90.8 cm³/mol. The second-order valence-corrected chi connectivity index (χ2v) is 7.47. The smallest absolute Gasteiger partial charge is 0.220 e. The highest BCUT2D eigenvalue weighted by Crippen LogP contribution is 2.32. The number of carbonyl (C=O) groups excluding carboxylic acids is 1. The fourth-order valence-corrected chi connectivity index (χ4v) is 3.84. The summed E-state index contributed by atoms with van der Waals surface area (Å²) in [4.78, 5) is 12.1. The van der Waals surface area contributed by atoms with Gasteiger partial charge >= 0.3 is 0 Å². The number of carbonyl (C=O) groups is 1. The van der Waals surface area contributed by atoms with Gasteiger partial charge in [0.15, 0.2) is 0 Å². The molecule has 2 aliphatic heterocycles. The fourth-order valence-electron chi connectivity index (χ4n) is 3.84. The molecule has 2 fully saturated rings. The van der Waals surface area contributed by atoms with Gasteiger partial charge < -0.3 is 10.6 Å². The highest BCUT2D eigenvalue weighted by Gasteiger charge is 2.34. The average molecular weight is 317 g/mol. The van der Waals surface area contributed by atoms with Crippen LogP contribution in [0.25, 0.3) is 0 Å². The molecule has 4 heteroatoms. The van der Waals surface area contributed by atoms with E-state index in [1.807, 2.05) is 0 Å². The summed E-state index contributed by atoms with van der Waals surface area (Å²) in [6, 6.07) is 1.71. The van der Waals surface area contributed by atoms with Crippen molar-refractivity contribution in [3.63, 3.8) is 0 Å². The summed E-state index contributed by atoms with van der Waals surface area (Å²) in [5.74, 6) is 1.65. The number of halogens is 1. The van der Waals surface area contributed by atoms with E-state index >= 15 is 0 Å². The van der Waals surface area contributed by atoms with Crippen LogP contribution in [0.3, 0.4) is 0 Å². The second-order valence-electron chi connectivity index (χ2n) is 7.47. The van der Waals surface area contributed by atoms with Crippen LogP contribution >= 0.6 is 12.4 Å². The lowest BCUT2D eigenvalue weighted by Crippen LogP contribution is -2.40. The van der Waals surface area contributed by atoms with Crippen molar-refractivity contribution in [2.45, 2.75) is 90.3 Å². The van der Waals surface area contributed by atoms with E-state index in [0.717, 1.165) is 18.8 Å². The molecule has 2 aliphatic rings. The van der Waals surface area contributed by atoms with Crippen LogP contribution in [0.4, 0.5) is 0 Å². The zero-order valence-corrected chi connectivity index (χ0v) is 14.7. The molecule has 0 aliphatic carbocycles. The van der Waals surface area contributed by atoms with Gasteiger partial charge in [-0.3, -0.25) is 4.79 Å². The minimum Gasteiger partial charge on any atom is -0.354 e. The van der Waals surface area contributed by atoms with Crippen LogP contribution in [0.15, 0.2) is 0 Å². The lowest BCUT2D eigenvalue weighted by atomic mass is 9.89. The minimum absolute atomic E-state index is 0. The summed E-state index contributed by atoms with van der Waals surface area (Å²) < 4.78 is 0. The lowest BCUT2D eigenvalue weighted by Gasteiger charge is -2.29. The molecule has 0 radical (unpaired) electrons. The van der Waals surface area contributed by atoms with Crippen molar-refractivity contribution in [1.82, 2.24) is 10.6 Å². The first kappa shape index (κ1) is 18.8. The molecule has 2 saturated heterocycles. The Morgan fingerprint density at radius 1 is 1.14 bits per heavy atom. The number of hydrogen-bond donors (Lipinski definition) is 2. The topological polar surface area (TPSA) is 41.1 Å². The van der Waals surface area contributed by atoms with Crippen LogP contribution in [0.1, 0.15) is 72.1 Å². The van der Waals surface area contributed by atoms with Gasteiger partial charge in [-0.15, -0.1) is 12.4 Å². The number of hydrogen-bond acceptors (Lipinski definition) is 2. The Morgan fingerprint density at radius 2 is 1.76 bits per heavy atom. The molecule has 2 N–H and O–H groups in total. The Balaban J connectivity index is 0.00000220. The Bertz CT molecular complexity index is 310. The van der Waals surface area contributed by atoms with E-state index in [1.54, 1.807) is 0 Å². The normalized spacial score (nSPS) is 29.0. The maximum atomic E-state index is 12.1. The molecule has 21 heavy (non-hydrogen) atoms. The number of rotatable bonds is 7.